The lowest BCUT2D eigenvalue weighted by molar-refractivity contribution is 0.584. The van der Waals surface area contributed by atoms with Gasteiger partial charge in [-0.3, -0.25) is 0 Å². The maximum Gasteiger partial charge on any atom is 0.250 e. The largest absolute Gasteiger partial charge is 0.250 e. The van der Waals surface area contributed by atoms with Gasteiger partial charge in [0.25, 0.3) is 0 Å². The second-order valence-corrected chi connectivity index (χ2v) is 8.45. The molecule has 2 aromatic rings. The molecule has 0 saturated carbocycles. The molecule has 0 radical (unpaired) electrons. The summed E-state index contributed by atoms with van der Waals surface area (Å²) >= 11 is 6.07. The molecule has 2 rings (SSSR count). The normalized spacial score (nSPS) is 11.8. The second kappa shape index (κ2) is 4.97. The van der Waals surface area contributed by atoms with Gasteiger partial charge in [0.05, 0.1) is 3.79 Å². The third-order valence-corrected chi connectivity index (χ3v) is 6.25. The molecular weight excluding hydrogens is 330 g/mol. The van der Waals surface area contributed by atoms with Gasteiger partial charge in [-0.15, -0.1) is 22.7 Å². The van der Waals surface area contributed by atoms with E-state index in [0.29, 0.717) is 10.8 Å². The fourth-order valence-electron chi connectivity index (χ4n) is 1.10. The van der Waals surface area contributed by atoms with E-state index in [2.05, 4.69) is 20.7 Å². The molecule has 0 aromatic carbocycles. The van der Waals surface area contributed by atoms with Crippen LogP contribution in [0.3, 0.4) is 0 Å². The van der Waals surface area contributed by atoms with Crippen LogP contribution in [-0.2, 0) is 16.6 Å². The van der Waals surface area contributed by atoms with Crippen LogP contribution in [0.15, 0.2) is 37.6 Å². The zero-order chi connectivity index (χ0) is 11.6. The smallest absolute Gasteiger partial charge is 0.206 e. The highest BCUT2D eigenvalue weighted by molar-refractivity contribution is 9.11. The topological polar surface area (TPSA) is 46.2 Å². The summed E-state index contributed by atoms with van der Waals surface area (Å²) in [6, 6.07) is 7.11. The Bertz CT molecular complexity index is 559. The van der Waals surface area contributed by atoms with Crippen LogP contribution < -0.4 is 4.72 Å². The van der Waals surface area contributed by atoms with Gasteiger partial charge in [-0.25, -0.2) is 13.1 Å². The summed E-state index contributed by atoms with van der Waals surface area (Å²) in [6.45, 7) is 0.330. The number of sulfonamides is 1. The Morgan fingerprint density at radius 1 is 1.31 bits per heavy atom. The van der Waals surface area contributed by atoms with Gasteiger partial charge in [-0.1, -0.05) is 6.07 Å². The van der Waals surface area contributed by atoms with E-state index in [1.807, 2.05) is 12.1 Å². The fraction of sp³-hybridized carbons (Fsp3) is 0.111. The highest BCUT2D eigenvalue weighted by Gasteiger charge is 2.14. The van der Waals surface area contributed by atoms with Gasteiger partial charge in [0.15, 0.2) is 0 Å². The lowest BCUT2D eigenvalue weighted by Crippen LogP contribution is -2.21. The van der Waals surface area contributed by atoms with Crippen molar-refractivity contribution >= 4 is 48.6 Å². The van der Waals surface area contributed by atoms with Crippen LogP contribution in [0.1, 0.15) is 4.88 Å². The maximum atomic E-state index is 11.8. The highest BCUT2D eigenvalue weighted by Crippen LogP contribution is 2.22. The lowest BCUT2D eigenvalue weighted by Gasteiger charge is -2.02. The highest BCUT2D eigenvalue weighted by atomic mass is 79.9. The molecule has 0 aliphatic rings. The Hall–Kier alpha value is -0.210. The van der Waals surface area contributed by atoms with Gasteiger partial charge >= 0.3 is 0 Å². The molecule has 0 bridgehead atoms. The van der Waals surface area contributed by atoms with Crippen LogP contribution in [0.25, 0.3) is 0 Å². The number of hydrogen-bond donors (Lipinski definition) is 1. The first-order valence-electron chi connectivity index (χ1n) is 4.35. The molecule has 2 aromatic heterocycles. The Balaban J connectivity index is 2.06. The monoisotopic (exact) mass is 337 g/mol. The quantitative estimate of drug-likeness (QED) is 0.931. The van der Waals surface area contributed by atoms with Gasteiger partial charge in [0.1, 0.15) is 4.21 Å². The lowest BCUT2D eigenvalue weighted by atomic mass is 10.5. The summed E-state index contributed by atoms with van der Waals surface area (Å²) in [6.07, 6.45) is 0. The number of rotatable bonds is 4. The van der Waals surface area contributed by atoms with Crippen molar-refractivity contribution in [3.05, 3.63) is 38.3 Å². The van der Waals surface area contributed by atoms with E-state index in [-0.39, 0.29) is 0 Å². The molecule has 0 aliphatic carbocycles. The molecule has 3 nitrogen and oxygen atoms in total. The van der Waals surface area contributed by atoms with Crippen LogP contribution in [0, 0.1) is 0 Å². The van der Waals surface area contributed by atoms with Crippen molar-refractivity contribution in [2.75, 3.05) is 0 Å². The van der Waals surface area contributed by atoms with Gasteiger partial charge < -0.3 is 0 Å². The van der Waals surface area contributed by atoms with Crippen molar-refractivity contribution in [1.29, 1.82) is 0 Å². The predicted octanol–water partition coefficient (Wildman–Crippen LogP) is 3.05. The van der Waals surface area contributed by atoms with E-state index in [1.54, 1.807) is 17.5 Å². The minimum Gasteiger partial charge on any atom is -0.206 e. The molecule has 2 heterocycles. The van der Waals surface area contributed by atoms with Crippen LogP contribution in [0.2, 0.25) is 0 Å². The average Bonchev–Trinajstić information content (AvgIpc) is 2.85. The van der Waals surface area contributed by atoms with Gasteiger partial charge in [-0.05, 0) is 39.5 Å². The van der Waals surface area contributed by atoms with Gasteiger partial charge in [0, 0.05) is 11.4 Å². The van der Waals surface area contributed by atoms with Crippen molar-refractivity contribution in [1.82, 2.24) is 4.72 Å². The SMILES string of the molecule is O=S(=O)(NCc1ccc(Br)s1)c1cccs1. The summed E-state index contributed by atoms with van der Waals surface area (Å²) in [5.41, 5.74) is 0. The van der Waals surface area contributed by atoms with E-state index in [9.17, 15) is 8.42 Å². The molecule has 16 heavy (non-hydrogen) atoms. The zero-order valence-corrected chi connectivity index (χ0v) is 12.0. The Morgan fingerprint density at radius 3 is 2.69 bits per heavy atom. The Morgan fingerprint density at radius 2 is 2.12 bits per heavy atom. The van der Waals surface area contributed by atoms with Crippen LogP contribution in [-0.4, -0.2) is 8.42 Å². The summed E-state index contributed by atoms with van der Waals surface area (Å²) in [7, 11) is -3.35. The number of halogens is 1. The first-order valence-corrected chi connectivity index (χ1v) is 8.32. The van der Waals surface area contributed by atoms with Gasteiger partial charge in [-0.2, -0.15) is 0 Å². The summed E-state index contributed by atoms with van der Waals surface area (Å²) in [4.78, 5) is 0.979. The maximum absolute atomic E-state index is 11.8. The molecule has 1 N–H and O–H groups in total. The van der Waals surface area contributed by atoms with E-state index in [1.165, 1.54) is 22.7 Å². The summed E-state index contributed by atoms with van der Waals surface area (Å²) < 4.78 is 27.4. The molecule has 0 saturated heterocycles. The first-order chi connectivity index (χ1) is 7.58. The molecule has 7 heteroatoms. The van der Waals surface area contributed by atoms with Crippen molar-refractivity contribution in [2.45, 2.75) is 10.8 Å². The third kappa shape index (κ3) is 2.92. The van der Waals surface area contributed by atoms with E-state index in [4.69, 9.17) is 0 Å². The van der Waals surface area contributed by atoms with Crippen molar-refractivity contribution in [3.8, 4) is 0 Å². The molecule has 0 spiro atoms. The molecule has 0 amide bonds. The summed E-state index contributed by atoms with van der Waals surface area (Å²) in [5.74, 6) is 0. The third-order valence-electron chi connectivity index (χ3n) is 1.83. The molecule has 86 valence electrons. The second-order valence-electron chi connectivity index (χ2n) is 2.96. The number of thiophene rings is 2. The van der Waals surface area contributed by atoms with Crippen LogP contribution in [0.5, 0.6) is 0 Å². The van der Waals surface area contributed by atoms with Crippen molar-refractivity contribution < 1.29 is 8.42 Å². The van der Waals surface area contributed by atoms with E-state index in [0.717, 1.165) is 8.66 Å². The average molecular weight is 338 g/mol. The zero-order valence-electron chi connectivity index (χ0n) is 8.01. The summed E-state index contributed by atoms with van der Waals surface area (Å²) in [5, 5.41) is 1.75. The van der Waals surface area contributed by atoms with E-state index >= 15 is 0 Å². The van der Waals surface area contributed by atoms with Crippen LogP contribution >= 0.6 is 38.6 Å². The van der Waals surface area contributed by atoms with E-state index < -0.39 is 10.0 Å². The minimum absolute atomic E-state index is 0.330. The number of nitrogens with one attached hydrogen (secondary N) is 1. The van der Waals surface area contributed by atoms with Crippen molar-refractivity contribution in [3.63, 3.8) is 0 Å². The van der Waals surface area contributed by atoms with Gasteiger partial charge in [0.2, 0.25) is 10.0 Å². The number of hydrogen-bond acceptors (Lipinski definition) is 4. The molecular formula is C9H8BrNO2S3. The Labute approximate surface area is 110 Å². The van der Waals surface area contributed by atoms with Crippen LogP contribution in [0.4, 0.5) is 0 Å². The Kier molecular flexibility index (Phi) is 3.81. The standard InChI is InChI=1S/C9H8BrNO2S3/c10-8-4-3-7(15-8)6-11-16(12,13)9-2-1-5-14-9/h1-5,11H,6H2. The van der Waals surface area contributed by atoms with Crippen molar-refractivity contribution in [2.24, 2.45) is 0 Å². The molecule has 0 aliphatic heterocycles. The predicted molar refractivity (Wildman–Crippen MR) is 70.4 cm³/mol. The minimum atomic E-state index is -3.35. The fourth-order valence-corrected chi connectivity index (χ4v) is 4.66. The molecule has 0 atom stereocenters. The molecule has 0 unspecified atom stereocenters. The first kappa shape index (κ1) is 12.3. The molecule has 0 fully saturated rings.